The standard InChI is InChI=1S/C24H23Cl2N5O4S2/c1-30(2)12-10-27-16-3-5-18-15(13-16)9-11-31(23(18)32)20-6-4-17(14-19(20)25)28-24(33)29-37(34,35)22-8-7-21(26)36-22/h3-9,11,13-14,27H,10,12H2,1-2H3,(H2,28,29,33). The summed E-state index contributed by atoms with van der Waals surface area (Å²) in [6.45, 7) is 1.65. The predicted molar refractivity (Wildman–Crippen MR) is 150 cm³/mol. The summed E-state index contributed by atoms with van der Waals surface area (Å²) in [5, 5.41) is 7.27. The molecular weight excluding hydrogens is 557 g/mol. The van der Waals surface area contributed by atoms with Gasteiger partial charge in [-0.1, -0.05) is 23.2 Å². The van der Waals surface area contributed by atoms with Crippen LogP contribution >= 0.6 is 34.5 Å². The number of benzene rings is 2. The number of pyridine rings is 1. The molecule has 2 amide bonds. The number of amides is 2. The Morgan fingerprint density at radius 3 is 2.46 bits per heavy atom. The number of urea groups is 1. The second kappa shape index (κ2) is 11.1. The van der Waals surface area contributed by atoms with Gasteiger partial charge >= 0.3 is 6.03 Å². The van der Waals surface area contributed by atoms with E-state index < -0.39 is 16.1 Å². The lowest BCUT2D eigenvalue weighted by molar-refractivity contribution is 0.256. The molecule has 4 aromatic rings. The molecule has 0 spiro atoms. The Kier molecular flexibility index (Phi) is 8.10. The second-order valence-electron chi connectivity index (χ2n) is 8.31. The summed E-state index contributed by atoms with van der Waals surface area (Å²) in [5.74, 6) is 0. The topological polar surface area (TPSA) is 113 Å². The maximum Gasteiger partial charge on any atom is 0.333 e. The number of hydrogen-bond acceptors (Lipinski definition) is 7. The number of carbonyl (C=O) groups is 1. The first-order valence-corrected chi connectivity index (χ1v) is 14.0. The zero-order chi connectivity index (χ0) is 26.7. The van der Waals surface area contributed by atoms with Crippen molar-refractivity contribution < 1.29 is 13.2 Å². The maximum atomic E-state index is 13.2. The summed E-state index contributed by atoms with van der Waals surface area (Å²) in [7, 11) is -0.0708. The zero-order valence-corrected chi connectivity index (χ0v) is 22.9. The van der Waals surface area contributed by atoms with Crippen molar-refractivity contribution in [3.63, 3.8) is 0 Å². The minimum Gasteiger partial charge on any atom is -0.384 e. The number of aromatic nitrogens is 1. The zero-order valence-electron chi connectivity index (χ0n) is 19.8. The summed E-state index contributed by atoms with van der Waals surface area (Å²) >= 11 is 13.0. The molecule has 0 aliphatic carbocycles. The van der Waals surface area contributed by atoms with E-state index in [2.05, 4.69) is 15.5 Å². The van der Waals surface area contributed by atoms with Crippen LogP contribution in [0.4, 0.5) is 16.2 Å². The van der Waals surface area contributed by atoms with Gasteiger partial charge in [-0.15, -0.1) is 11.3 Å². The van der Waals surface area contributed by atoms with Gasteiger partial charge in [-0.3, -0.25) is 9.36 Å². The van der Waals surface area contributed by atoms with Crippen molar-refractivity contribution in [2.75, 3.05) is 37.8 Å². The molecule has 2 aromatic carbocycles. The smallest absolute Gasteiger partial charge is 0.333 e. The lowest BCUT2D eigenvalue weighted by Gasteiger charge is -2.13. The SMILES string of the molecule is CN(C)CCNc1ccc2c(=O)n(-c3ccc(NC(=O)NS(=O)(=O)c4ccc(Cl)s4)cc3Cl)ccc2c1. The van der Waals surface area contributed by atoms with Gasteiger partial charge in [0.15, 0.2) is 0 Å². The molecular formula is C24H23Cl2N5O4S2. The highest BCUT2D eigenvalue weighted by molar-refractivity contribution is 7.92. The van der Waals surface area contributed by atoms with Crippen molar-refractivity contribution >= 4 is 72.7 Å². The van der Waals surface area contributed by atoms with E-state index in [-0.39, 0.29) is 24.8 Å². The number of nitrogens with zero attached hydrogens (tertiary/aromatic N) is 2. The van der Waals surface area contributed by atoms with Crippen LogP contribution in [-0.2, 0) is 10.0 Å². The maximum absolute atomic E-state index is 13.2. The van der Waals surface area contributed by atoms with E-state index in [9.17, 15) is 18.0 Å². The number of thiophene rings is 1. The number of hydrogen-bond donors (Lipinski definition) is 3. The van der Waals surface area contributed by atoms with Gasteiger partial charge in [0.1, 0.15) is 4.21 Å². The molecule has 0 saturated carbocycles. The van der Waals surface area contributed by atoms with E-state index >= 15 is 0 Å². The van der Waals surface area contributed by atoms with Gasteiger partial charge in [0.25, 0.3) is 15.6 Å². The molecule has 0 bridgehead atoms. The average molecular weight is 581 g/mol. The van der Waals surface area contributed by atoms with Crippen LogP contribution < -0.4 is 20.9 Å². The van der Waals surface area contributed by atoms with Crippen LogP contribution in [0.3, 0.4) is 0 Å². The van der Waals surface area contributed by atoms with Gasteiger partial charge in [0, 0.05) is 36.0 Å². The van der Waals surface area contributed by atoms with Crippen molar-refractivity contribution in [1.29, 1.82) is 0 Å². The van der Waals surface area contributed by atoms with E-state index in [1.54, 1.807) is 18.3 Å². The Hall–Kier alpha value is -3.09. The molecule has 0 saturated heterocycles. The molecule has 2 heterocycles. The number of fused-ring (bicyclic) bond motifs is 1. The van der Waals surface area contributed by atoms with Crippen LogP contribution in [0, 0.1) is 0 Å². The highest BCUT2D eigenvalue weighted by Crippen LogP contribution is 2.27. The molecule has 194 valence electrons. The average Bonchev–Trinajstić information content (AvgIpc) is 3.27. The minimum absolute atomic E-state index is 0.0897. The van der Waals surface area contributed by atoms with E-state index in [0.29, 0.717) is 11.1 Å². The molecule has 2 aromatic heterocycles. The number of rotatable bonds is 8. The van der Waals surface area contributed by atoms with Crippen molar-refractivity contribution in [3.8, 4) is 5.69 Å². The monoisotopic (exact) mass is 579 g/mol. The van der Waals surface area contributed by atoms with Crippen LogP contribution in [0.5, 0.6) is 0 Å². The van der Waals surface area contributed by atoms with Crippen molar-refractivity contribution in [1.82, 2.24) is 14.2 Å². The molecule has 0 radical (unpaired) electrons. The quantitative estimate of drug-likeness (QED) is 0.275. The summed E-state index contributed by atoms with van der Waals surface area (Å²) in [4.78, 5) is 27.5. The highest BCUT2D eigenvalue weighted by Gasteiger charge is 2.20. The molecule has 4 rings (SSSR count). The van der Waals surface area contributed by atoms with E-state index in [1.807, 2.05) is 37.0 Å². The van der Waals surface area contributed by atoms with Gasteiger partial charge in [0.2, 0.25) is 0 Å². The van der Waals surface area contributed by atoms with E-state index in [0.717, 1.165) is 35.5 Å². The molecule has 0 aliphatic heterocycles. The third kappa shape index (κ3) is 6.43. The minimum atomic E-state index is -4.07. The number of sulfonamides is 1. The number of likely N-dealkylation sites (N-methyl/N-ethyl adjacent to an activating group) is 1. The third-order valence-corrected chi connectivity index (χ3v) is 8.65. The van der Waals surface area contributed by atoms with Crippen LogP contribution in [0.1, 0.15) is 0 Å². The first-order chi connectivity index (χ1) is 17.5. The van der Waals surface area contributed by atoms with E-state index in [1.165, 1.54) is 28.8 Å². The number of carbonyl (C=O) groups excluding carboxylic acids is 1. The van der Waals surface area contributed by atoms with Crippen LogP contribution in [0.15, 0.2) is 69.8 Å². The summed E-state index contributed by atoms with van der Waals surface area (Å²) in [6.07, 6.45) is 1.63. The summed E-state index contributed by atoms with van der Waals surface area (Å²) in [5.41, 5.74) is 1.32. The number of halogens is 2. The fraction of sp³-hybridized carbons (Fsp3) is 0.167. The first kappa shape index (κ1) is 27.0. The molecule has 37 heavy (non-hydrogen) atoms. The lowest BCUT2D eigenvalue weighted by atomic mass is 10.1. The van der Waals surface area contributed by atoms with Crippen molar-refractivity contribution in [3.05, 3.63) is 80.5 Å². The molecule has 13 heteroatoms. The van der Waals surface area contributed by atoms with Crippen molar-refractivity contribution in [2.24, 2.45) is 0 Å². The fourth-order valence-electron chi connectivity index (χ4n) is 3.52. The van der Waals surface area contributed by atoms with Gasteiger partial charge in [-0.25, -0.2) is 17.9 Å². The molecule has 0 fully saturated rings. The Bertz CT molecular complexity index is 1630. The molecule has 0 aliphatic rings. The summed E-state index contributed by atoms with van der Waals surface area (Å²) in [6, 6.07) is 13.6. The van der Waals surface area contributed by atoms with Gasteiger partial charge < -0.3 is 15.5 Å². The molecule has 9 nitrogen and oxygen atoms in total. The Balaban J connectivity index is 1.51. The highest BCUT2D eigenvalue weighted by atomic mass is 35.5. The summed E-state index contributed by atoms with van der Waals surface area (Å²) < 4.78 is 28.1. The lowest BCUT2D eigenvalue weighted by Crippen LogP contribution is -2.33. The fourth-order valence-corrected chi connectivity index (χ4v) is 6.18. The first-order valence-electron chi connectivity index (χ1n) is 11.0. The number of nitrogens with one attached hydrogen (secondary N) is 3. The molecule has 0 atom stereocenters. The van der Waals surface area contributed by atoms with Crippen molar-refractivity contribution in [2.45, 2.75) is 4.21 Å². The predicted octanol–water partition coefficient (Wildman–Crippen LogP) is 4.84. The Morgan fingerprint density at radius 1 is 1.03 bits per heavy atom. The van der Waals surface area contributed by atoms with Gasteiger partial charge in [-0.2, -0.15) is 0 Å². The van der Waals surface area contributed by atoms with Crippen LogP contribution in [0.25, 0.3) is 16.5 Å². The Labute approximate surface area is 227 Å². The Morgan fingerprint density at radius 2 is 1.78 bits per heavy atom. The normalized spacial score (nSPS) is 11.6. The van der Waals surface area contributed by atoms with Gasteiger partial charge in [0.05, 0.1) is 15.0 Å². The molecule has 3 N–H and O–H groups in total. The van der Waals surface area contributed by atoms with Gasteiger partial charge in [-0.05, 0) is 74.1 Å². The van der Waals surface area contributed by atoms with E-state index in [4.69, 9.17) is 23.2 Å². The van der Waals surface area contributed by atoms with Crippen LogP contribution in [-0.4, -0.2) is 51.1 Å². The largest absolute Gasteiger partial charge is 0.384 e. The second-order valence-corrected chi connectivity index (χ2v) is 12.3. The third-order valence-electron chi connectivity index (χ3n) is 5.30. The molecule has 0 unspecified atom stereocenters. The van der Waals surface area contributed by atoms with Crippen LogP contribution in [0.2, 0.25) is 9.36 Å². The number of anilines is 2.